The number of carbonyl (C=O) groups is 1. The molecule has 1 aromatic carbocycles. The second-order valence-electron chi connectivity index (χ2n) is 5.50. The molecular formula is C18H15N5O. The number of nitrogens with zero attached hydrogens (tertiary/aromatic N) is 3. The van der Waals surface area contributed by atoms with E-state index in [1.54, 1.807) is 17.1 Å². The van der Waals surface area contributed by atoms with Crippen LogP contribution < -0.4 is 5.32 Å². The van der Waals surface area contributed by atoms with Gasteiger partial charge in [-0.15, -0.1) is 5.10 Å². The number of para-hydroxylation sites is 1. The molecule has 0 spiro atoms. The number of hydrogen-bond donors (Lipinski definition) is 2. The number of carbonyl (C=O) groups excluding carboxylic acids is 1. The number of nitrogens with one attached hydrogen (secondary N) is 2. The maximum absolute atomic E-state index is 12.6. The topological polar surface area (TPSA) is 75.6 Å². The first-order valence-electron chi connectivity index (χ1n) is 7.57. The Bertz CT molecular complexity index is 1020. The molecule has 0 aliphatic carbocycles. The molecule has 3 heterocycles. The van der Waals surface area contributed by atoms with Crippen LogP contribution in [-0.4, -0.2) is 25.7 Å². The number of hydrogen-bond acceptors (Lipinski definition) is 3. The third kappa shape index (κ3) is 2.44. The standard InChI is InChI=1S/C18H15N5O/c1-12-11-23(13-6-3-2-4-7-13)22-16(12)21-18(24)15-10-20-17-14(15)8-5-9-19-17/h2-11H,1H3,(H,19,20)(H,21,22,24). The average molecular weight is 317 g/mol. The van der Waals surface area contributed by atoms with E-state index in [0.29, 0.717) is 17.0 Å². The number of amides is 1. The zero-order valence-electron chi connectivity index (χ0n) is 13.0. The summed E-state index contributed by atoms with van der Waals surface area (Å²) in [6.07, 6.45) is 5.24. The molecule has 0 aliphatic heterocycles. The molecule has 0 unspecified atom stereocenters. The summed E-state index contributed by atoms with van der Waals surface area (Å²) < 4.78 is 1.75. The fourth-order valence-corrected chi connectivity index (χ4v) is 2.62. The average Bonchev–Trinajstić information content (AvgIpc) is 3.20. The molecule has 4 aromatic rings. The molecule has 1 amide bonds. The summed E-state index contributed by atoms with van der Waals surface area (Å²) in [7, 11) is 0. The first-order valence-corrected chi connectivity index (χ1v) is 7.57. The largest absolute Gasteiger partial charge is 0.345 e. The van der Waals surface area contributed by atoms with Gasteiger partial charge in [-0.1, -0.05) is 18.2 Å². The fraction of sp³-hybridized carbons (Fsp3) is 0.0556. The zero-order chi connectivity index (χ0) is 16.5. The van der Waals surface area contributed by atoms with Gasteiger partial charge in [0, 0.05) is 29.5 Å². The quantitative estimate of drug-likeness (QED) is 0.608. The summed E-state index contributed by atoms with van der Waals surface area (Å²) in [5.74, 6) is 0.331. The maximum Gasteiger partial charge on any atom is 0.259 e. The van der Waals surface area contributed by atoms with E-state index in [4.69, 9.17) is 0 Å². The lowest BCUT2D eigenvalue weighted by Crippen LogP contribution is -2.12. The Labute approximate surface area is 138 Å². The lowest BCUT2D eigenvalue weighted by molar-refractivity contribution is 0.102. The number of benzene rings is 1. The molecule has 4 rings (SSSR count). The molecule has 0 radical (unpaired) electrons. The molecule has 6 heteroatoms. The van der Waals surface area contributed by atoms with Crippen molar-refractivity contribution in [1.82, 2.24) is 19.7 Å². The Morgan fingerprint density at radius 2 is 2.00 bits per heavy atom. The number of aromatic amines is 1. The summed E-state index contributed by atoms with van der Waals surface area (Å²) in [6.45, 7) is 1.92. The predicted molar refractivity (Wildman–Crippen MR) is 92.3 cm³/mol. The molecule has 0 fully saturated rings. The minimum absolute atomic E-state index is 0.212. The van der Waals surface area contributed by atoms with E-state index in [-0.39, 0.29) is 5.91 Å². The second-order valence-corrected chi connectivity index (χ2v) is 5.50. The number of rotatable bonds is 3. The van der Waals surface area contributed by atoms with Crippen molar-refractivity contribution in [2.24, 2.45) is 0 Å². The summed E-state index contributed by atoms with van der Waals surface area (Å²) >= 11 is 0. The SMILES string of the molecule is Cc1cn(-c2ccccc2)nc1NC(=O)c1c[nH]c2ncccc12. The highest BCUT2D eigenvalue weighted by Gasteiger charge is 2.15. The summed E-state index contributed by atoms with van der Waals surface area (Å²) in [5.41, 5.74) is 3.07. The molecule has 3 aromatic heterocycles. The molecular weight excluding hydrogens is 302 g/mol. The Kier molecular flexibility index (Phi) is 3.35. The summed E-state index contributed by atoms with van der Waals surface area (Å²) in [6, 6.07) is 13.4. The highest BCUT2D eigenvalue weighted by molar-refractivity contribution is 6.12. The number of H-pyrrole nitrogens is 1. The van der Waals surface area contributed by atoms with Crippen LogP contribution in [0.4, 0.5) is 5.82 Å². The number of aryl methyl sites for hydroxylation is 1. The van der Waals surface area contributed by atoms with Gasteiger partial charge in [-0.3, -0.25) is 4.79 Å². The van der Waals surface area contributed by atoms with Gasteiger partial charge in [0.1, 0.15) is 5.65 Å². The van der Waals surface area contributed by atoms with Gasteiger partial charge in [-0.25, -0.2) is 9.67 Å². The number of anilines is 1. The van der Waals surface area contributed by atoms with Crippen molar-refractivity contribution in [3.05, 3.63) is 72.2 Å². The van der Waals surface area contributed by atoms with Crippen molar-refractivity contribution in [2.75, 3.05) is 5.32 Å². The number of fused-ring (bicyclic) bond motifs is 1. The molecule has 0 saturated carbocycles. The van der Waals surface area contributed by atoms with Crippen LogP contribution >= 0.6 is 0 Å². The minimum Gasteiger partial charge on any atom is -0.345 e. The second kappa shape index (κ2) is 5.66. The number of pyridine rings is 1. The van der Waals surface area contributed by atoms with Crippen LogP contribution in [0.2, 0.25) is 0 Å². The maximum atomic E-state index is 12.6. The third-order valence-corrected chi connectivity index (χ3v) is 3.85. The van der Waals surface area contributed by atoms with E-state index in [9.17, 15) is 4.79 Å². The zero-order valence-corrected chi connectivity index (χ0v) is 13.0. The Hall–Kier alpha value is -3.41. The van der Waals surface area contributed by atoms with Crippen molar-refractivity contribution >= 4 is 22.8 Å². The van der Waals surface area contributed by atoms with Gasteiger partial charge in [0.2, 0.25) is 0 Å². The van der Waals surface area contributed by atoms with E-state index in [0.717, 1.165) is 16.6 Å². The van der Waals surface area contributed by atoms with Gasteiger partial charge >= 0.3 is 0 Å². The molecule has 0 bridgehead atoms. The van der Waals surface area contributed by atoms with Crippen LogP contribution in [0.25, 0.3) is 16.7 Å². The van der Waals surface area contributed by atoms with Gasteiger partial charge in [0.05, 0.1) is 11.3 Å². The van der Waals surface area contributed by atoms with Crippen molar-refractivity contribution < 1.29 is 4.79 Å². The van der Waals surface area contributed by atoms with Crippen LogP contribution in [0, 0.1) is 6.92 Å². The van der Waals surface area contributed by atoms with Gasteiger partial charge < -0.3 is 10.3 Å². The number of aromatic nitrogens is 4. The smallest absolute Gasteiger partial charge is 0.259 e. The van der Waals surface area contributed by atoms with Crippen molar-refractivity contribution in [3.8, 4) is 5.69 Å². The van der Waals surface area contributed by atoms with Crippen molar-refractivity contribution in [1.29, 1.82) is 0 Å². The van der Waals surface area contributed by atoms with Gasteiger partial charge in [-0.2, -0.15) is 0 Å². The fourth-order valence-electron chi connectivity index (χ4n) is 2.62. The highest BCUT2D eigenvalue weighted by Crippen LogP contribution is 2.20. The van der Waals surface area contributed by atoms with Crippen LogP contribution in [0.1, 0.15) is 15.9 Å². The van der Waals surface area contributed by atoms with Crippen LogP contribution in [-0.2, 0) is 0 Å². The Morgan fingerprint density at radius 3 is 2.83 bits per heavy atom. The lowest BCUT2D eigenvalue weighted by atomic mass is 10.2. The Balaban J connectivity index is 1.64. The molecule has 24 heavy (non-hydrogen) atoms. The first-order chi connectivity index (χ1) is 11.7. The molecule has 118 valence electrons. The van der Waals surface area contributed by atoms with Crippen molar-refractivity contribution in [3.63, 3.8) is 0 Å². The summed E-state index contributed by atoms with van der Waals surface area (Å²) in [4.78, 5) is 19.8. The molecule has 0 aliphatic rings. The van der Waals surface area contributed by atoms with E-state index in [1.165, 1.54) is 0 Å². The van der Waals surface area contributed by atoms with Crippen LogP contribution in [0.5, 0.6) is 0 Å². The first kappa shape index (κ1) is 14.2. The minimum atomic E-state index is -0.212. The van der Waals surface area contributed by atoms with Gasteiger partial charge in [0.25, 0.3) is 5.91 Å². The van der Waals surface area contributed by atoms with E-state index in [2.05, 4.69) is 20.4 Å². The lowest BCUT2D eigenvalue weighted by Gasteiger charge is -2.02. The molecule has 2 N–H and O–H groups in total. The predicted octanol–water partition coefficient (Wildman–Crippen LogP) is 3.31. The van der Waals surface area contributed by atoms with Crippen LogP contribution in [0.3, 0.4) is 0 Å². The van der Waals surface area contributed by atoms with E-state index < -0.39 is 0 Å². The summed E-state index contributed by atoms with van der Waals surface area (Å²) in [5, 5.41) is 8.13. The molecule has 0 saturated heterocycles. The highest BCUT2D eigenvalue weighted by atomic mass is 16.1. The molecule has 6 nitrogen and oxygen atoms in total. The van der Waals surface area contributed by atoms with Gasteiger partial charge in [-0.05, 0) is 31.2 Å². The van der Waals surface area contributed by atoms with Crippen LogP contribution in [0.15, 0.2) is 61.1 Å². The van der Waals surface area contributed by atoms with Crippen molar-refractivity contribution in [2.45, 2.75) is 6.92 Å². The third-order valence-electron chi connectivity index (χ3n) is 3.85. The van der Waals surface area contributed by atoms with Gasteiger partial charge in [0.15, 0.2) is 5.82 Å². The van der Waals surface area contributed by atoms with E-state index >= 15 is 0 Å². The Morgan fingerprint density at radius 1 is 1.17 bits per heavy atom. The van der Waals surface area contributed by atoms with E-state index in [1.807, 2.05) is 55.6 Å². The molecule has 0 atom stereocenters. The monoisotopic (exact) mass is 317 g/mol. The normalized spacial score (nSPS) is 10.9.